The fourth-order valence-electron chi connectivity index (χ4n) is 4.57. The lowest BCUT2D eigenvalue weighted by Crippen LogP contribution is -2.50. The van der Waals surface area contributed by atoms with Crippen LogP contribution in [0.15, 0.2) is 36.5 Å². The standard InChI is InChI=1S/C22H26N6O/c1-16-24-20(19-15-23-28(21(19)25-16)18-9-3-2-4-10-18)26-11-13-27(14-12-26)22(29)17-7-5-6-8-17/h2-4,9-10,15,17H,5-8,11-14H2,1H3. The molecule has 1 aromatic carbocycles. The normalized spacial score (nSPS) is 18.0. The minimum absolute atomic E-state index is 0.249. The van der Waals surface area contributed by atoms with Crippen molar-refractivity contribution in [1.82, 2.24) is 24.6 Å². The lowest BCUT2D eigenvalue weighted by atomic mass is 10.1. The van der Waals surface area contributed by atoms with Crippen LogP contribution in [0.5, 0.6) is 0 Å². The second-order valence-electron chi connectivity index (χ2n) is 8.02. The Morgan fingerprint density at radius 3 is 2.45 bits per heavy atom. The van der Waals surface area contributed by atoms with Gasteiger partial charge in [0.2, 0.25) is 5.91 Å². The van der Waals surface area contributed by atoms with Crippen LogP contribution in [0.4, 0.5) is 5.82 Å². The third-order valence-corrected chi connectivity index (χ3v) is 6.12. The molecule has 2 aliphatic rings. The van der Waals surface area contributed by atoms with Crippen molar-refractivity contribution < 1.29 is 4.79 Å². The Kier molecular flexibility index (Phi) is 4.66. The topological polar surface area (TPSA) is 67.2 Å². The number of hydrogen-bond acceptors (Lipinski definition) is 5. The second kappa shape index (κ2) is 7.46. The fraction of sp³-hybridized carbons (Fsp3) is 0.455. The number of hydrogen-bond donors (Lipinski definition) is 0. The molecular weight excluding hydrogens is 364 g/mol. The SMILES string of the molecule is Cc1nc(N2CCN(C(=O)C3CCCC3)CC2)c2cnn(-c3ccccc3)c2n1. The van der Waals surface area contributed by atoms with Crippen LogP contribution < -0.4 is 4.90 Å². The highest BCUT2D eigenvalue weighted by Gasteiger charge is 2.30. The zero-order valence-electron chi connectivity index (χ0n) is 16.8. The van der Waals surface area contributed by atoms with Crippen molar-refractivity contribution in [3.8, 4) is 5.69 Å². The quantitative estimate of drug-likeness (QED) is 0.688. The van der Waals surface area contributed by atoms with E-state index in [0.717, 1.165) is 67.4 Å². The monoisotopic (exact) mass is 390 g/mol. The van der Waals surface area contributed by atoms with E-state index >= 15 is 0 Å². The highest BCUT2D eigenvalue weighted by molar-refractivity contribution is 5.88. The predicted octanol–water partition coefficient (Wildman–Crippen LogP) is 2.96. The molecular formula is C22H26N6O. The summed E-state index contributed by atoms with van der Waals surface area (Å²) < 4.78 is 1.87. The summed E-state index contributed by atoms with van der Waals surface area (Å²) in [5.74, 6) is 2.25. The number of para-hydroxylation sites is 1. The van der Waals surface area contributed by atoms with Crippen LogP contribution in [-0.2, 0) is 4.79 Å². The molecule has 3 aromatic rings. The first-order valence-electron chi connectivity index (χ1n) is 10.5. The number of piperazine rings is 1. The minimum Gasteiger partial charge on any atom is -0.352 e. The molecule has 0 N–H and O–H groups in total. The van der Waals surface area contributed by atoms with Crippen LogP contribution in [0.25, 0.3) is 16.7 Å². The molecule has 150 valence electrons. The molecule has 0 bridgehead atoms. The average molecular weight is 390 g/mol. The van der Waals surface area contributed by atoms with E-state index in [9.17, 15) is 4.79 Å². The molecule has 2 fully saturated rings. The molecule has 1 saturated carbocycles. The van der Waals surface area contributed by atoms with E-state index in [1.165, 1.54) is 12.8 Å². The summed E-state index contributed by atoms with van der Waals surface area (Å²) in [7, 11) is 0. The van der Waals surface area contributed by atoms with E-state index in [4.69, 9.17) is 4.98 Å². The van der Waals surface area contributed by atoms with Gasteiger partial charge in [-0.2, -0.15) is 5.10 Å². The number of carbonyl (C=O) groups excluding carboxylic acids is 1. The molecule has 0 spiro atoms. The molecule has 1 amide bonds. The van der Waals surface area contributed by atoms with E-state index in [2.05, 4.69) is 15.0 Å². The van der Waals surface area contributed by atoms with Crippen LogP contribution in [0.3, 0.4) is 0 Å². The number of rotatable bonds is 3. The number of amides is 1. The molecule has 1 saturated heterocycles. The maximum Gasteiger partial charge on any atom is 0.225 e. The summed E-state index contributed by atoms with van der Waals surface area (Å²) in [6.07, 6.45) is 6.36. The van der Waals surface area contributed by atoms with Crippen molar-refractivity contribution >= 4 is 22.8 Å². The van der Waals surface area contributed by atoms with Crippen molar-refractivity contribution in [2.75, 3.05) is 31.1 Å². The van der Waals surface area contributed by atoms with Crippen molar-refractivity contribution in [2.24, 2.45) is 5.92 Å². The molecule has 1 aliphatic heterocycles. The van der Waals surface area contributed by atoms with Gasteiger partial charge in [-0.15, -0.1) is 0 Å². The van der Waals surface area contributed by atoms with Crippen molar-refractivity contribution in [3.05, 3.63) is 42.4 Å². The van der Waals surface area contributed by atoms with Gasteiger partial charge >= 0.3 is 0 Å². The van der Waals surface area contributed by atoms with Crippen LogP contribution >= 0.6 is 0 Å². The number of nitrogens with zero attached hydrogens (tertiary/aromatic N) is 6. The Morgan fingerprint density at radius 2 is 1.72 bits per heavy atom. The van der Waals surface area contributed by atoms with Gasteiger partial charge in [-0.1, -0.05) is 31.0 Å². The summed E-state index contributed by atoms with van der Waals surface area (Å²) in [6.45, 7) is 5.02. The third-order valence-electron chi connectivity index (χ3n) is 6.12. The number of carbonyl (C=O) groups is 1. The number of benzene rings is 1. The molecule has 0 atom stereocenters. The lowest BCUT2D eigenvalue weighted by molar-refractivity contribution is -0.135. The molecule has 1 aliphatic carbocycles. The number of fused-ring (bicyclic) bond motifs is 1. The molecule has 7 nitrogen and oxygen atoms in total. The van der Waals surface area contributed by atoms with Crippen molar-refractivity contribution in [3.63, 3.8) is 0 Å². The first kappa shape index (κ1) is 18.1. The van der Waals surface area contributed by atoms with E-state index in [-0.39, 0.29) is 5.92 Å². The minimum atomic E-state index is 0.249. The summed E-state index contributed by atoms with van der Waals surface area (Å²) in [5, 5.41) is 5.53. The van der Waals surface area contributed by atoms with Gasteiger partial charge in [-0.3, -0.25) is 4.79 Å². The molecule has 5 rings (SSSR count). The lowest BCUT2D eigenvalue weighted by Gasteiger charge is -2.36. The van der Waals surface area contributed by atoms with Gasteiger partial charge < -0.3 is 9.80 Å². The molecule has 0 radical (unpaired) electrons. The Bertz CT molecular complexity index is 1020. The predicted molar refractivity (Wildman–Crippen MR) is 112 cm³/mol. The highest BCUT2D eigenvalue weighted by atomic mass is 16.2. The zero-order valence-corrected chi connectivity index (χ0v) is 16.8. The van der Waals surface area contributed by atoms with E-state index in [1.807, 2.05) is 53.0 Å². The van der Waals surface area contributed by atoms with E-state index in [0.29, 0.717) is 5.91 Å². The van der Waals surface area contributed by atoms with E-state index in [1.54, 1.807) is 0 Å². The van der Waals surface area contributed by atoms with Gasteiger partial charge in [-0.05, 0) is 31.9 Å². The first-order chi connectivity index (χ1) is 14.2. The fourth-order valence-corrected chi connectivity index (χ4v) is 4.57. The smallest absolute Gasteiger partial charge is 0.225 e. The van der Waals surface area contributed by atoms with Gasteiger partial charge in [0.05, 0.1) is 17.3 Å². The summed E-state index contributed by atoms with van der Waals surface area (Å²) in [4.78, 5) is 26.5. The molecule has 7 heteroatoms. The Labute approximate surface area is 170 Å². The Balaban J connectivity index is 1.40. The second-order valence-corrected chi connectivity index (χ2v) is 8.02. The summed E-state index contributed by atoms with van der Waals surface area (Å²) in [6, 6.07) is 10.0. The van der Waals surface area contributed by atoms with Gasteiger partial charge in [0.1, 0.15) is 11.6 Å². The van der Waals surface area contributed by atoms with Crippen molar-refractivity contribution in [1.29, 1.82) is 0 Å². The first-order valence-corrected chi connectivity index (χ1v) is 10.5. The highest BCUT2D eigenvalue weighted by Crippen LogP contribution is 2.29. The van der Waals surface area contributed by atoms with Crippen LogP contribution in [-0.4, -0.2) is 56.7 Å². The molecule has 29 heavy (non-hydrogen) atoms. The third kappa shape index (κ3) is 3.34. The Morgan fingerprint density at radius 1 is 1.00 bits per heavy atom. The van der Waals surface area contributed by atoms with Gasteiger partial charge in [0, 0.05) is 32.1 Å². The van der Waals surface area contributed by atoms with Crippen LogP contribution in [0, 0.1) is 12.8 Å². The van der Waals surface area contributed by atoms with Gasteiger partial charge in [0.25, 0.3) is 0 Å². The zero-order chi connectivity index (χ0) is 19.8. The average Bonchev–Trinajstić information content (AvgIpc) is 3.44. The maximum absolute atomic E-state index is 12.7. The van der Waals surface area contributed by atoms with Gasteiger partial charge in [0.15, 0.2) is 5.65 Å². The van der Waals surface area contributed by atoms with Crippen LogP contribution in [0.1, 0.15) is 31.5 Å². The number of aromatic nitrogens is 4. The maximum atomic E-state index is 12.7. The summed E-state index contributed by atoms with van der Waals surface area (Å²) in [5.41, 5.74) is 1.81. The molecule has 0 unspecified atom stereocenters. The summed E-state index contributed by atoms with van der Waals surface area (Å²) >= 11 is 0. The van der Waals surface area contributed by atoms with Crippen molar-refractivity contribution in [2.45, 2.75) is 32.6 Å². The molecule has 2 aromatic heterocycles. The van der Waals surface area contributed by atoms with Crippen LogP contribution in [0.2, 0.25) is 0 Å². The number of anilines is 1. The Hall–Kier alpha value is -2.96. The van der Waals surface area contributed by atoms with E-state index < -0.39 is 0 Å². The molecule has 3 heterocycles. The number of aryl methyl sites for hydroxylation is 1. The largest absolute Gasteiger partial charge is 0.352 e. The van der Waals surface area contributed by atoms with Gasteiger partial charge in [-0.25, -0.2) is 14.6 Å².